The van der Waals surface area contributed by atoms with Crippen LogP contribution in [0.5, 0.6) is 0 Å². The number of ether oxygens (including phenoxy) is 1. The number of hydrogen-bond donors (Lipinski definition) is 1. The standard InChI is InChI=1S/C19H16ClFN2O4/c20-15-10-13(21)5-8-16(15)22-17(24)11-27-19(26)12-3-6-14(7-4-12)23-9-1-2-18(23)25/h3-8,10H,1-2,9,11H2,(H,22,24). The fourth-order valence-electron chi connectivity index (χ4n) is 2.69. The number of nitrogens with one attached hydrogen (secondary N) is 1. The lowest BCUT2D eigenvalue weighted by atomic mass is 10.2. The molecule has 2 aromatic carbocycles. The van der Waals surface area contributed by atoms with Gasteiger partial charge in [0.05, 0.1) is 16.3 Å². The van der Waals surface area contributed by atoms with Gasteiger partial charge in [-0.3, -0.25) is 9.59 Å². The predicted molar refractivity (Wildman–Crippen MR) is 98.4 cm³/mol. The number of carbonyl (C=O) groups is 3. The second-order valence-electron chi connectivity index (χ2n) is 5.94. The highest BCUT2D eigenvalue weighted by atomic mass is 35.5. The Labute approximate surface area is 159 Å². The maximum atomic E-state index is 13.0. The number of esters is 1. The highest BCUT2D eigenvalue weighted by Gasteiger charge is 2.22. The van der Waals surface area contributed by atoms with Gasteiger partial charge in [0.25, 0.3) is 5.91 Å². The molecule has 1 fully saturated rings. The summed E-state index contributed by atoms with van der Waals surface area (Å²) in [7, 11) is 0. The lowest BCUT2D eigenvalue weighted by Gasteiger charge is -2.15. The van der Waals surface area contributed by atoms with Gasteiger partial charge in [-0.1, -0.05) is 11.6 Å². The molecule has 0 aliphatic carbocycles. The van der Waals surface area contributed by atoms with Crippen molar-refractivity contribution in [3.05, 3.63) is 58.9 Å². The van der Waals surface area contributed by atoms with Crippen LogP contribution in [0.1, 0.15) is 23.2 Å². The molecular weight excluding hydrogens is 375 g/mol. The smallest absolute Gasteiger partial charge is 0.338 e. The van der Waals surface area contributed by atoms with Crippen LogP contribution in [0.15, 0.2) is 42.5 Å². The Morgan fingerprint density at radius 3 is 2.56 bits per heavy atom. The van der Waals surface area contributed by atoms with Crippen LogP contribution in [0.25, 0.3) is 0 Å². The summed E-state index contributed by atoms with van der Waals surface area (Å²) in [5.41, 5.74) is 1.20. The lowest BCUT2D eigenvalue weighted by Crippen LogP contribution is -2.23. The third kappa shape index (κ3) is 4.62. The lowest BCUT2D eigenvalue weighted by molar-refractivity contribution is -0.119. The minimum absolute atomic E-state index is 0.0433. The van der Waals surface area contributed by atoms with Gasteiger partial charge in [0.2, 0.25) is 5.91 Å². The molecule has 2 aromatic rings. The molecule has 1 aliphatic rings. The van der Waals surface area contributed by atoms with Gasteiger partial charge in [-0.15, -0.1) is 0 Å². The van der Waals surface area contributed by atoms with Gasteiger partial charge in [0.1, 0.15) is 5.82 Å². The zero-order valence-corrected chi connectivity index (χ0v) is 15.0. The van der Waals surface area contributed by atoms with E-state index in [4.69, 9.17) is 16.3 Å². The van der Waals surface area contributed by atoms with Crippen LogP contribution in [0, 0.1) is 5.82 Å². The Bertz CT molecular complexity index is 886. The number of amides is 2. The summed E-state index contributed by atoms with van der Waals surface area (Å²) >= 11 is 5.82. The Morgan fingerprint density at radius 2 is 1.93 bits per heavy atom. The van der Waals surface area contributed by atoms with Crippen molar-refractivity contribution in [2.24, 2.45) is 0 Å². The number of carbonyl (C=O) groups excluding carboxylic acids is 3. The maximum Gasteiger partial charge on any atom is 0.338 e. The summed E-state index contributed by atoms with van der Waals surface area (Å²) in [6, 6.07) is 9.94. The molecule has 1 saturated heterocycles. The molecule has 1 N–H and O–H groups in total. The van der Waals surface area contributed by atoms with E-state index in [1.807, 2.05) is 0 Å². The third-order valence-corrected chi connectivity index (χ3v) is 4.34. The van der Waals surface area contributed by atoms with E-state index in [-0.39, 0.29) is 22.2 Å². The van der Waals surface area contributed by atoms with Crippen molar-refractivity contribution in [1.82, 2.24) is 0 Å². The Hall–Kier alpha value is -2.93. The topological polar surface area (TPSA) is 75.7 Å². The summed E-state index contributed by atoms with van der Waals surface area (Å²) in [5.74, 6) is -1.74. The van der Waals surface area contributed by atoms with E-state index in [0.29, 0.717) is 13.0 Å². The molecule has 0 spiro atoms. The summed E-state index contributed by atoms with van der Waals surface area (Å²) in [6.45, 7) is 0.146. The maximum absolute atomic E-state index is 13.0. The van der Waals surface area contributed by atoms with E-state index in [1.165, 1.54) is 18.2 Å². The van der Waals surface area contributed by atoms with E-state index >= 15 is 0 Å². The van der Waals surface area contributed by atoms with Gasteiger partial charge >= 0.3 is 5.97 Å². The SMILES string of the molecule is O=C(COC(=O)c1ccc(N2CCCC2=O)cc1)Nc1ccc(F)cc1Cl. The molecular formula is C19H16ClFN2O4. The summed E-state index contributed by atoms with van der Waals surface area (Å²) in [5, 5.41) is 2.48. The van der Waals surface area contributed by atoms with E-state index in [0.717, 1.165) is 24.2 Å². The van der Waals surface area contributed by atoms with Crippen LogP contribution < -0.4 is 10.2 Å². The number of benzene rings is 2. The first-order valence-electron chi connectivity index (χ1n) is 8.26. The Kier molecular flexibility index (Phi) is 5.71. The average Bonchev–Trinajstić information content (AvgIpc) is 3.08. The van der Waals surface area contributed by atoms with Crippen molar-refractivity contribution in [2.45, 2.75) is 12.8 Å². The van der Waals surface area contributed by atoms with E-state index in [9.17, 15) is 18.8 Å². The summed E-state index contributed by atoms with van der Waals surface area (Å²) in [4.78, 5) is 37.3. The highest BCUT2D eigenvalue weighted by molar-refractivity contribution is 6.33. The van der Waals surface area contributed by atoms with E-state index < -0.39 is 24.3 Å². The molecule has 0 radical (unpaired) electrons. The van der Waals surface area contributed by atoms with Gasteiger partial charge in [-0.25, -0.2) is 9.18 Å². The predicted octanol–water partition coefficient (Wildman–Crippen LogP) is 3.40. The highest BCUT2D eigenvalue weighted by Crippen LogP contribution is 2.23. The molecule has 6 nitrogen and oxygen atoms in total. The van der Waals surface area contributed by atoms with Crippen molar-refractivity contribution in [3.63, 3.8) is 0 Å². The molecule has 0 unspecified atom stereocenters. The third-order valence-electron chi connectivity index (χ3n) is 4.03. The average molecular weight is 391 g/mol. The summed E-state index contributed by atoms with van der Waals surface area (Å²) in [6.07, 6.45) is 1.34. The first-order valence-corrected chi connectivity index (χ1v) is 8.64. The number of halogens is 2. The van der Waals surface area contributed by atoms with Crippen LogP contribution >= 0.6 is 11.6 Å². The molecule has 0 bridgehead atoms. The zero-order chi connectivity index (χ0) is 19.4. The monoisotopic (exact) mass is 390 g/mol. The normalized spacial score (nSPS) is 13.6. The summed E-state index contributed by atoms with van der Waals surface area (Å²) < 4.78 is 18.0. The molecule has 3 rings (SSSR count). The number of nitrogens with zero attached hydrogens (tertiary/aromatic N) is 1. The molecule has 2 amide bonds. The quantitative estimate of drug-likeness (QED) is 0.794. The van der Waals surface area contributed by atoms with Crippen molar-refractivity contribution >= 4 is 40.8 Å². The first-order chi connectivity index (χ1) is 12.9. The van der Waals surface area contributed by atoms with Crippen LogP contribution in [0.3, 0.4) is 0 Å². The molecule has 1 aliphatic heterocycles. The second kappa shape index (κ2) is 8.18. The first kappa shape index (κ1) is 18.8. The molecule has 0 atom stereocenters. The second-order valence-corrected chi connectivity index (χ2v) is 6.35. The van der Waals surface area contributed by atoms with Gasteiger partial charge in [-0.2, -0.15) is 0 Å². The van der Waals surface area contributed by atoms with Gasteiger partial charge in [0.15, 0.2) is 6.61 Å². The van der Waals surface area contributed by atoms with Crippen LogP contribution in [0.2, 0.25) is 5.02 Å². The largest absolute Gasteiger partial charge is 0.452 e. The number of hydrogen-bond acceptors (Lipinski definition) is 4. The molecule has 1 heterocycles. The van der Waals surface area contributed by atoms with Gasteiger partial charge in [-0.05, 0) is 48.9 Å². The van der Waals surface area contributed by atoms with Crippen LogP contribution in [0.4, 0.5) is 15.8 Å². The zero-order valence-electron chi connectivity index (χ0n) is 14.2. The van der Waals surface area contributed by atoms with E-state index in [2.05, 4.69) is 5.32 Å². The van der Waals surface area contributed by atoms with Crippen LogP contribution in [-0.4, -0.2) is 30.9 Å². The molecule has 8 heteroatoms. The van der Waals surface area contributed by atoms with Crippen molar-refractivity contribution < 1.29 is 23.5 Å². The fraction of sp³-hybridized carbons (Fsp3) is 0.211. The van der Waals surface area contributed by atoms with E-state index in [1.54, 1.807) is 17.0 Å². The minimum Gasteiger partial charge on any atom is -0.452 e. The van der Waals surface area contributed by atoms with Crippen LogP contribution in [-0.2, 0) is 14.3 Å². The molecule has 27 heavy (non-hydrogen) atoms. The Balaban J connectivity index is 1.54. The molecule has 0 aromatic heterocycles. The number of anilines is 2. The van der Waals surface area contributed by atoms with Gasteiger partial charge in [0, 0.05) is 18.7 Å². The molecule has 0 saturated carbocycles. The van der Waals surface area contributed by atoms with Gasteiger partial charge < -0.3 is 15.0 Å². The fourth-order valence-corrected chi connectivity index (χ4v) is 2.90. The van der Waals surface area contributed by atoms with Crippen molar-refractivity contribution in [2.75, 3.05) is 23.4 Å². The minimum atomic E-state index is -0.672. The molecule has 140 valence electrons. The Morgan fingerprint density at radius 1 is 1.19 bits per heavy atom. The number of rotatable bonds is 5. The van der Waals surface area contributed by atoms with Crippen molar-refractivity contribution in [3.8, 4) is 0 Å². The van der Waals surface area contributed by atoms with Crippen molar-refractivity contribution in [1.29, 1.82) is 0 Å².